The second kappa shape index (κ2) is 7.58. The van der Waals surface area contributed by atoms with Gasteiger partial charge in [0.15, 0.2) is 0 Å². The molecule has 2 aromatic rings. The van der Waals surface area contributed by atoms with E-state index in [1.54, 1.807) is 6.07 Å². The molecule has 0 bridgehead atoms. The number of hydrogen-bond donors (Lipinski definition) is 1. The van der Waals surface area contributed by atoms with Crippen LogP contribution in [0.1, 0.15) is 18.9 Å². The maximum Gasteiger partial charge on any atom is 0.355 e. The normalized spacial score (nSPS) is 14.8. The van der Waals surface area contributed by atoms with Crippen molar-refractivity contribution in [3.05, 3.63) is 23.2 Å². The molecule has 1 aromatic heterocycles. The van der Waals surface area contributed by atoms with Gasteiger partial charge in [-0.1, -0.05) is 11.3 Å². The van der Waals surface area contributed by atoms with E-state index < -0.39 is 15.8 Å². The molecular formula is C14H16F2N6O2S2. The number of halogens is 2. The summed E-state index contributed by atoms with van der Waals surface area (Å²) in [4.78, 5) is 2.06. The van der Waals surface area contributed by atoms with Gasteiger partial charge < -0.3 is 4.90 Å². The Kier molecular flexibility index (Phi) is 5.41. The predicted molar refractivity (Wildman–Crippen MR) is 95.3 cm³/mol. The molecular weight excluding hydrogens is 386 g/mol. The first-order valence-corrected chi connectivity index (χ1v) is 10.2. The molecule has 0 spiro atoms. The second-order valence-electron chi connectivity index (χ2n) is 5.51. The fraction of sp³-hybridized carbons (Fsp3) is 0.429. The molecule has 1 aliphatic rings. The number of nitrogens with zero attached hydrogens (tertiary/aromatic N) is 5. The summed E-state index contributed by atoms with van der Waals surface area (Å²) in [5, 5.41) is 15.5. The quantitative estimate of drug-likeness (QED) is 0.743. The van der Waals surface area contributed by atoms with Crippen LogP contribution in [0.25, 0.3) is 0 Å². The molecule has 0 unspecified atom stereocenters. The van der Waals surface area contributed by atoms with Crippen molar-refractivity contribution in [2.45, 2.75) is 25.5 Å². The zero-order valence-electron chi connectivity index (χ0n) is 13.8. The Balaban J connectivity index is 2.05. The average Bonchev–Trinajstić information content (AvgIpc) is 3.12. The van der Waals surface area contributed by atoms with Gasteiger partial charge in [0.1, 0.15) is 11.2 Å². The van der Waals surface area contributed by atoms with Crippen molar-refractivity contribution in [2.75, 3.05) is 22.7 Å². The van der Waals surface area contributed by atoms with Gasteiger partial charge >= 0.3 is 5.76 Å². The van der Waals surface area contributed by atoms with Gasteiger partial charge in [0, 0.05) is 18.8 Å². The van der Waals surface area contributed by atoms with Crippen LogP contribution in [0.5, 0.6) is 0 Å². The third-order valence-corrected chi connectivity index (χ3v) is 5.42. The molecule has 0 aliphatic carbocycles. The Morgan fingerprint density at radius 1 is 1.38 bits per heavy atom. The molecule has 1 aliphatic heterocycles. The number of aromatic nitrogens is 2. The van der Waals surface area contributed by atoms with Gasteiger partial charge in [0.2, 0.25) is 0 Å². The van der Waals surface area contributed by atoms with E-state index in [1.807, 2.05) is 11.6 Å². The summed E-state index contributed by atoms with van der Waals surface area (Å²) in [6.45, 7) is 3.51. The number of alkyl halides is 2. The number of fused-ring (bicyclic) bond motifs is 1. The summed E-state index contributed by atoms with van der Waals surface area (Å²) in [6, 6.07) is 3.21. The van der Waals surface area contributed by atoms with Crippen LogP contribution in [0, 0.1) is 0 Å². The third kappa shape index (κ3) is 3.96. The molecule has 0 radical (unpaired) electrons. The zero-order valence-corrected chi connectivity index (χ0v) is 15.4. The van der Waals surface area contributed by atoms with Crippen LogP contribution in [0.3, 0.4) is 0 Å². The van der Waals surface area contributed by atoms with Crippen LogP contribution in [-0.2, 0) is 16.4 Å². The number of hydrogen-bond acceptors (Lipinski definition) is 8. The largest absolute Gasteiger partial charge is 0.372 e. The summed E-state index contributed by atoms with van der Waals surface area (Å²) in [7, 11) is -4.83. The molecule has 1 N–H and O–H groups in total. The lowest BCUT2D eigenvalue weighted by Gasteiger charge is -2.31. The van der Waals surface area contributed by atoms with E-state index in [0.29, 0.717) is 0 Å². The molecule has 26 heavy (non-hydrogen) atoms. The smallest absolute Gasteiger partial charge is 0.355 e. The molecule has 0 saturated heterocycles. The lowest BCUT2D eigenvalue weighted by molar-refractivity contribution is 0.236. The molecule has 140 valence electrons. The summed E-state index contributed by atoms with van der Waals surface area (Å²) < 4.78 is 50.8. The van der Waals surface area contributed by atoms with Gasteiger partial charge in [-0.05, 0) is 37.5 Å². The Morgan fingerprint density at radius 2 is 2.19 bits per heavy atom. The number of azo groups is 1. The Bertz CT molecular complexity index is 902. The molecule has 12 heteroatoms. The van der Waals surface area contributed by atoms with E-state index in [4.69, 9.17) is 0 Å². The summed E-state index contributed by atoms with van der Waals surface area (Å²) in [5.41, 5.74) is 3.35. The SMILES string of the molecule is CCN1CCCc2cc(N=Nc3nncs3)c(NS(=O)(=O)C(F)F)cc21. The molecule has 0 atom stereocenters. The van der Waals surface area contributed by atoms with Crippen molar-refractivity contribution in [2.24, 2.45) is 10.2 Å². The molecule has 1 aromatic carbocycles. The minimum Gasteiger partial charge on any atom is -0.372 e. The van der Waals surface area contributed by atoms with Gasteiger partial charge in [-0.3, -0.25) is 4.72 Å². The van der Waals surface area contributed by atoms with Crippen LogP contribution >= 0.6 is 11.3 Å². The maximum atomic E-state index is 12.8. The fourth-order valence-electron chi connectivity index (χ4n) is 2.69. The highest BCUT2D eigenvalue weighted by atomic mass is 32.2. The number of anilines is 2. The van der Waals surface area contributed by atoms with Crippen LogP contribution < -0.4 is 9.62 Å². The fourth-order valence-corrected chi connectivity index (χ4v) is 3.62. The number of aryl methyl sites for hydroxylation is 1. The first-order valence-electron chi connectivity index (χ1n) is 7.80. The van der Waals surface area contributed by atoms with Crippen LogP contribution in [0.15, 0.2) is 27.9 Å². The molecule has 8 nitrogen and oxygen atoms in total. The first-order chi connectivity index (χ1) is 12.4. The van der Waals surface area contributed by atoms with Crippen LogP contribution in [0.4, 0.5) is 31.0 Å². The second-order valence-corrected chi connectivity index (χ2v) is 7.97. The minimum absolute atomic E-state index is 0.0438. The Hall–Kier alpha value is -2.21. The summed E-state index contributed by atoms with van der Waals surface area (Å²) in [6.07, 6.45) is 1.73. The Labute approximate surface area is 153 Å². The van der Waals surface area contributed by atoms with Crippen molar-refractivity contribution < 1.29 is 17.2 Å². The van der Waals surface area contributed by atoms with Crippen molar-refractivity contribution in [3.8, 4) is 0 Å². The standard InChI is InChI=1S/C14H16F2N6O2S2/c1-2-22-5-3-4-9-6-10(18-20-14-19-17-8-25-14)11(7-12(9)22)21-26(23,24)13(15)16/h6-8,13,21H,2-5H2,1H3. The lowest BCUT2D eigenvalue weighted by Crippen LogP contribution is -2.29. The highest BCUT2D eigenvalue weighted by molar-refractivity contribution is 7.93. The van der Waals surface area contributed by atoms with Gasteiger partial charge in [-0.2, -0.15) is 8.78 Å². The number of rotatable bonds is 6. The van der Waals surface area contributed by atoms with E-state index in [9.17, 15) is 17.2 Å². The van der Waals surface area contributed by atoms with Gasteiger partial charge in [-0.15, -0.1) is 20.4 Å². The van der Waals surface area contributed by atoms with Gasteiger partial charge in [0.05, 0.1) is 5.69 Å². The molecule has 0 amide bonds. The maximum absolute atomic E-state index is 12.8. The first kappa shape index (κ1) is 18.6. The van der Waals surface area contributed by atoms with Crippen molar-refractivity contribution in [3.63, 3.8) is 0 Å². The lowest BCUT2D eigenvalue weighted by atomic mass is 10.0. The highest BCUT2D eigenvalue weighted by Gasteiger charge is 2.26. The molecule has 0 fully saturated rings. The zero-order chi connectivity index (χ0) is 18.7. The summed E-state index contributed by atoms with van der Waals surface area (Å²) in [5.74, 6) is -3.55. The van der Waals surface area contributed by atoms with E-state index in [-0.39, 0.29) is 16.5 Å². The molecule has 3 rings (SSSR count). The van der Waals surface area contributed by atoms with Crippen molar-refractivity contribution in [1.29, 1.82) is 0 Å². The highest BCUT2D eigenvalue weighted by Crippen LogP contribution is 2.38. The van der Waals surface area contributed by atoms with E-state index >= 15 is 0 Å². The summed E-state index contributed by atoms with van der Waals surface area (Å²) >= 11 is 1.15. The number of benzene rings is 1. The number of sulfonamides is 1. The minimum atomic E-state index is -4.83. The van der Waals surface area contributed by atoms with E-state index in [1.165, 1.54) is 11.6 Å². The van der Waals surface area contributed by atoms with Crippen LogP contribution in [-0.4, -0.2) is 37.5 Å². The van der Waals surface area contributed by atoms with Crippen LogP contribution in [0.2, 0.25) is 0 Å². The Morgan fingerprint density at radius 3 is 2.85 bits per heavy atom. The van der Waals surface area contributed by atoms with E-state index in [2.05, 4.69) is 25.3 Å². The molecule has 2 heterocycles. The average molecular weight is 402 g/mol. The van der Waals surface area contributed by atoms with Crippen molar-refractivity contribution >= 4 is 43.6 Å². The third-order valence-electron chi connectivity index (χ3n) is 3.87. The number of nitrogens with one attached hydrogen (secondary N) is 1. The van der Waals surface area contributed by atoms with Gasteiger partial charge in [-0.25, -0.2) is 8.42 Å². The predicted octanol–water partition coefficient (Wildman–Crippen LogP) is 3.69. The topological polar surface area (TPSA) is 99.9 Å². The van der Waals surface area contributed by atoms with E-state index in [0.717, 1.165) is 48.5 Å². The molecule has 0 saturated carbocycles. The van der Waals surface area contributed by atoms with Crippen molar-refractivity contribution in [1.82, 2.24) is 10.2 Å². The van der Waals surface area contributed by atoms with Gasteiger partial charge in [0.25, 0.3) is 15.2 Å². The monoisotopic (exact) mass is 402 g/mol.